The molecule has 2 N–H and O–H groups in total. The fourth-order valence-electron chi connectivity index (χ4n) is 0.485. The van der Waals surface area contributed by atoms with Gasteiger partial charge in [-0.3, -0.25) is 0 Å². The summed E-state index contributed by atoms with van der Waals surface area (Å²) in [6, 6.07) is 0. The van der Waals surface area contributed by atoms with Gasteiger partial charge in [0, 0.05) is 12.1 Å². The van der Waals surface area contributed by atoms with Crippen LogP contribution < -0.4 is 5.73 Å². The van der Waals surface area contributed by atoms with Crippen molar-refractivity contribution < 1.29 is 0 Å². The van der Waals surface area contributed by atoms with Gasteiger partial charge in [0.15, 0.2) is 0 Å². The second kappa shape index (κ2) is 5.16. The Morgan fingerprint density at radius 3 is 2.44 bits per heavy atom. The summed E-state index contributed by atoms with van der Waals surface area (Å²) in [5.74, 6) is 0. The molecule has 0 saturated heterocycles. The number of rotatable bonds is 4. The van der Waals surface area contributed by atoms with Crippen molar-refractivity contribution in [1.82, 2.24) is 0 Å². The average molecular weight is 123 g/mol. The monoisotopic (exact) mass is 123 g/mol. The molecule has 9 heavy (non-hydrogen) atoms. The van der Waals surface area contributed by atoms with Crippen LogP contribution in [0, 0.1) is 0 Å². The second-order valence-corrected chi connectivity index (χ2v) is 1.80. The highest BCUT2D eigenvalue weighted by molar-refractivity contribution is 5.03. The summed E-state index contributed by atoms with van der Waals surface area (Å²) >= 11 is 0. The van der Waals surface area contributed by atoms with E-state index in [2.05, 4.69) is 13.2 Å². The van der Waals surface area contributed by atoms with Crippen molar-refractivity contribution in [3.05, 3.63) is 37.1 Å². The third-order valence-corrected chi connectivity index (χ3v) is 0.927. The molecule has 0 bridgehead atoms. The Bertz CT molecular complexity index is 123. The van der Waals surface area contributed by atoms with Crippen molar-refractivity contribution in [2.24, 2.45) is 5.73 Å². The van der Waals surface area contributed by atoms with E-state index in [-0.39, 0.29) is 0 Å². The molecule has 50 valence electrons. The van der Waals surface area contributed by atoms with Gasteiger partial charge in [-0.2, -0.15) is 0 Å². The van der Waals surface area contributed by atoms with Crippen LogP contribution in [0.2, 0.25) is 0 Å². The van der Waals surface area contributed by atoms with Crippen LogP contribution in [-0.4, -0.2) is 0 Å². The lowest BCUT2D eigenvalue weighted by Gasteiger charge is -1.91. The lowest BCUT2D eigenvalue weighted by molar-refractivity contribution is 1.13. The minimum absolute atomic E-state index is 0.772. The molecule has 0 rings (SSSR count). The molecule has 0 aliphatic rings. The zero-order chi connectivity index (χ0) is 7.11. The van der Waals surface area contributed by atoms with E-state index >= 15 is 0 Å². The van der Waals surface area contributed by atoms with Crippen molar-refractivity contribution in [2.75, 3.05) is 0 Å². The Kier molecular flexibility index (Phi) is 4.60. The fraction of sp³-hybridized carbons (Fsp3) is 0.250. The number of hydrogen-bond acceptors (Lipinski definition) is 1. The quantitative estimate of drug-likeness (QED) is 0.568. The molecule has 0 radical (unpaired) electrons. The molecule has 0 unspecified atom stereocenters. The van der Waals surface area contributed by atoms with Gasteiger partial charge in [0.1, 0.15) is 0 Å². The molecule has 0 fully saturated rings. The molecule has 0 spiro atoms. The van der Waals surface area contributed by atoms with Gasteiger partial charge in [0.25, 0.3) is 0 Å². The standard InChI is InChI=1S/C8H13N/c1-3-5-7-8(9)6-4-2/h3-4,7H,1-2,5-6,9H2. The molecule has 0 aliphatic carbocycles. The molecule has 0 aliphatic heterocycles. The molecule has 0 saturated carbocycles. The average Bonchev–Trinajstić information content (AvgIpc) is 1.85. The zero-order valence-corrected chi connectivity index (χ0v) is 5.64. The van der Waals surface area contributed by atoms with Crippen LogP contribution in [-0.2, 0) is 0 Å². The van der Waals surface area contributed by atoms with Crippen LogP contribution in [0.4, 0.5) is 0 Å². The molecule has 0 aromatic rings. The first kappa shape index (κ1) is 8.02. The van der Waals surface area contributed by atoms with Crippen LogP contribution in [0.25, 0.3) is 0 Å². The highest BCUT2D eigenvalue weighted by Crippen LogP contribution is 1.94. The molecule has 0 aromatic heterocycles. The Morgan fingerprint density at radius 2 is 2.00 bits per heavy atom. The van der Waals surface area contributed by atoms with Gasteiger partial charge >= 0.3 is 0 Å². The van der Waals surface area contributed by atoms with E-state index in [1.54, 1.807) is 6.08 Å². The van der Waals surface area contributed by atoms with E-state index in [9.17, 15) is 0 Å². The third kappa shape index (κ3) is 4.88. The SMILES string of the molecule is C=CCC=C(N)CC=C. The van der Waals surface area contributed by atoms with E-state index < -0.39 is 0 Å². The van der Waals surface area contributed by atoms with Crippen LogP contribution in [0.15, 0.2) is 37.1 Å². The topological polar surface area (TPSA) is 26.0 Å². The first-order valence-corrected chi connectivity index (χ1v) is 2.97. The maximum atomic E-state index is 5.51. The molecule has 0 amide bonds. The van der Waals surface area contributed by atoms with Crippen molar-refractivity contribution in [3.8, 4) is 0 Å². The minimum atomic E-state index is 0.772. The first-order chi connectivity index (χ1) is 4.31. The Hall–Kier alpha value is -0.980. The molecule has 1 heteroatoms. The van der Waals surface area contributed by atoms with Crippen LogP contribution in [0.3, 0.4) is 0 Å². The number of nitrogens with two attached hydrogens (primary N) is 1. The van der Waals surface area contributed by atoms with Crippen molar-refractivity contribution in [3.63, 3.8) is 0 Å². The summed E-state index contributed by atoms with van der Waals surface area (Å²) in [5.41, 5.74) is 6.38. The molecule has 0 heterocycles. The van der Waals surface area contributed by atoms with Gasteiger partial charge in [0.2, 0.25) is 0 Å². The Morgan fingerprint density at radius 1 is 1.33 bits per heavy atom. The Labute approximate surface area is 56.6 Å². The van der Waals surface area contributed by atoms with E-state index in [1.807, 2.05) is 12.2 Å². The highest BCUT2D eigenvalue weighted by Gasteiger charge is 1.80. The van der Waals surface area contributed by atoms with E-state index in [0.717, 1.165) is 18.5 Å². The smallest absolute Gasteiger partial charge is 0.00813 e. The van der Waals surface area contributed by atoms with E-state index in [1.165, 1.54) is 0 Å². The van der Waals surface area contributed by atoms with Crippen LogP contribution in [0.1, 0.15) is 12.8 Å². The maximum Gasteiger partial charge on any atom is 0.00813 e. The first-order valence-electron chi connectivity index (χ1n) is 2.97. The number of hydrogen-bond donors (Lipinski definition) is 1. The van der Waals surface area contributed by atoms with Gasteiger partial charge in [-0.05, 0) is 6.42 Å². The summed E-state index contributed by atoms with van der Waals surface area (Å²) in [7, 11) is 0. The summed E-state index contributed by atoms with van der Waals surface area (Å²) in [5, 5.41) is 0. The fourth-order valence-corrected chi connectivity index (χ4v) is 0.485. The third-order valence-electron chi connectivity index (χ3n) is 0.927. The van der Waals surface area contributed by atoms with Crippen molar-refractivity contribution in [1.29, 1.82) is 0 Å². The number of allylic oxidation sites excluding steroid dienone is 3. The van der Waals surface area contributed by atoms with E-state index in [0.29, 0.717) is 0 Å². The van der Waals surface area contributed by atoms with Gasteiger partial charge < -0.3 is 5.73 Å². The second-order valence-electron chi connectivity index (χ2n) is 1.80. The summed E-state index contributed by atoms with van der Waals surface area (Å²) < 4.78 is 0. The molecule has 0 atom stereocenters. The summed E-state index contributed by atoms with van der Waals surface area (Å²) in [6.07, 6.45) is 7.16. The molecular formula is C8H13N. The van der Waals surface area contributed by atoms with Crippen molar-refractivity contribution >= 4 is 0 Å². The lowest BCUT2D eigenvalue weighted by Crippen LogP contribution is -1.93. The molecule has 1 nitrogen and oxygen atoms in total. The lowest BCUT2D eigenvalue weighted by atomic mass is 10.2. The normalized spacial score (nSPS) is 10.9. The molecule has 0 aromatic carbocycles. The minimum Gasteiger partial charge on any atom is -0.402 e. The zero-order valence-electron chi connectivity index (χ0n) is 5.64. The van der Waals surface area contributed by atoms with Gasteiger partial charge in [0.05, 0.1) is 0 Å². The summed E-state index contributed by atoms with van der Waals surface area (Å²) in [6.45, 7) is 7.13. The van der Waals surface area contributed by atoms with Crippen molar-refractivity contribution in [2.45, 2.75) is 12.8 Å². The Balaban J connectivity index is 3.53. The van der Waals surface area contributed by atoms with Crippen LogP contribution >= 0.6 is 0 Å². The maximum absolute atomic E-state index is 5.51. The molecular weight excluding hydrogens is 110 g/mol. The predicted molar refractivity (Wildman–Crippen MR) is 41.9 cm³/mol. The van der Waals surface area contributed by atoms with Crippen LogP contribution in [0.5, 0.6) is 0 Å². The largest absolute Gasteiger partial charge is 0.402 e. The predicted octanol–water partition coefficient (Wildman–Crippen LogP) is 1.98. The van der Waals surface area contributed by atoms with Gasteiger partial charge in [-0.15, -0.1) is 13.2 Å². The summed E-state index contributed by atoms with van der Waals surface area (Å²) in [4.78, 5) is 0. The van der Waals surface area contributed by atoms with Gasteiger partial charge in [-0.1, -0.05) is 18.2 Å². The van der Waals surface area contributed by atoms with Gasteiger partial charge in [-0.25, -0.2) is 0 Å². The highest BCUT2D eigenvalue weighted by atomic mass is 14.6. The van der Waals surface area contributed by atoms with E-state index in [4.69, 9.17) is 5.73 Å².